The van der Waals surface area contributed by atoms with E-state index in [4.69, 9.17) is 4.74 Å². The average molecular weight is 393 g/mol. The highest BCUT2D eigenvalue weighted by Gasteiger charge is 2.15. The number of ether oxygens (including phenoxy) is 1. The van der Waals surface area contributed by atoms with Crippen LogP contribution in [0.4, 0.5) is 11.4 Å². The fraction of sp³-hybridized carbons (Fsp3) is 0.176. The number of aryl methyl sites for hydroxylation is 1. The molecule has 0 atom stereocenters. The number of carbonyl (C=O) groups excluding carboxylic acids is 2. The predicted molar refractivity (Wildman–Crippen MR) is 95.8 cm³/mol. The van der Waals surface area contributed by atoms with Gasteiger partial charge in [0, 0.05) is 18.7 Å². The minimum Gasteiger partial charge on any atom is -0.506 e. The second kappa shape index (κ2) is 7.35. The first-order valence-electron chi connectivity index (χ1n) is 7.08. The van der Waals surface area contributed by atoms with E-state index in [1.165, 1.54) is 14.0 Å². The van der Waals surface area contributed by atoms with Crippen LogP contribution in [0.3, 0.4) is 0 Å². The Morgan fingerprint density at radius 2 is 1.88 bits per heavy atom. The Labute approximate surface area is 148 Å². The number of rotatable bonds is 4. The number of phenols is 1. The van der Waals surface area contributed by atoms with E-state index in [0.29, 0.717) is 21.6 Å². The van der Waals surface area contributed by atoms with E-state index in [2.05, 4.69) is 26.6 Å². The molecule has 0 heterocycles. The Kier molecular flexibility index (Phi) is 5.46. The van der Waals surface area contributed by atoms with Gasteiger partial charge >= 0.3 is 0 Å². The quantitative estimate of drug-likeness (QED) is 0.740. The molecule has 0 aliphatic heterocycles. The molecule has 0 radical (unpaired) electrons. The number of hydrogen-bond acceptors (Lipinski definition) is 4. The van der Waals surface area contributed by atoms with Crippen LogP contribution in [0.5, 0.6) is 11.5 Å². The van der Waals surface area contributed by atoms with Crippen molar-refractivity contribution in [3.63, 3.8) is 0 Å². The van der Waals surface area contributed by atoms with E-state index >= 15 is 0 Å². The van der Waals surface area contributed by atoms with Crippen molar-refractivity contribution < 1.29 is 19.4 Å². The van der Waals surface area contributed by atoms with Crippen molar-refractivity contribution in [2.75, 3.05) is 17.7 Å². The molecule has 0 unspecified atom stereocenters. The van der Waals surface area contributed by atoms with Crippen molar-refractivity contribution in [3.8, 4) is 11.5 Å². The van der Waals surface area contributed by atoms with Gasteiger partial charge in [-0.05, 0) is 52.7 Å². The van der Waals surface area contributed by atoms with Crippen LogP contribution >= 0.6 is 15.9 Å². The Morgan fingerprint density at radius 3 is 2.50 bits per heavy atom. The maximum absolute atomic E-state index is 12.4. The number of nitrogens with one attached hydrogen (secondary N) is 2. The van der Waals surface area contributed by atoms with E-state index in [0.717, 1.165) is 5.56 Å². The third-order valence-electron chi connectivity index (χ3n) is 3.22. The topological polar surface area (TPSA) is 87.7 Å². The third kappa shape index (κ3) is 4.05. The molecule has 0 aliphatic carbocycles. The monoisotopic (exact) mass is 392 g/mol. The molecule has 2 amide bonds. The number of hydrogen-bond donors (Lipinski definition) is 3. The molecule has 2 aromatic rings. The fourth-order valence-corrected chi connectivity index (χ4v) is 2.74. The van der Waals surface area contributed by atoms with Gasteiger partial charge in [0.1, 0.15) is 11.5 Å². The minimum atomic E-state index is -0.453. The van der Waals surface area contributed by atoms with E-state index in [1.54, 1.807) is 30.3 Å². The summed E-state index contributed by atoms with van der Waals surface area (Å²) in [7, 11) is 1.47. The molecule has 0 spiro atoms. The lowest BCUT2D eigenvalue weighted by Gasteiger charge is -2.13. The lowest BCUT2D eigenvalue weighted by Crippen LogP contribution is -2.13. The maximum atomic E-state index is 12.4. The van der Waals surface area contributed by atoms with Crippen molar-refractivity contribution in [2.45, 2.75) is 13.8 Å². The molecule has 6 nitrogen and oxygen atoms in total. The summed E-state index contributed by atoms with van der Waals surface area (Å²) >= 11 is 3.22. The Bertz CT molecular complexity index is 805. The molecule has 24 heavy (non-hydrogen) atoms. The Balaban J connectivity index is 2.28. The Hall–Kier alpha value is -2.54. The maximum Gasteiger partial charge on any atom is 0.259 e. The fourth-order valence-electron chi connectivity index (χ4n) is 2.17. The van der Waals surface area contributed by atoms with Gasteiger partial charge in [-0.15, -0.1) is 0 Å². The molecule has 7 heteroatoms. The molecule has 2 rings (SSSR count). The van der Waals surface area contributed by atoms with Gasteiger partial charge in [-0.2, -0.15) is 0 Å². The number of aromatic hydroxyl groups is 1. The van der Waals surface area contributed by atoms with Crippen molar-refractivity contribution in [1.82, 2.24) is 0 Å². The molecule has 0 saturated carbocycles. The number of phenolic OH excluding ortho intramolecular Hbond substituents is 1. The number of methoxy groups -OCH3 is 1. The molecule has 0 saturated heterocycles. The predicted octanol–water partition coefficient (Wildman–Crippen LogP) is 3.68. The van der Waals surface area contributed by atoms with Crippen molar-refractivity contribution in [2.24, 2.45) is 0 Å². The lowest BCUT2D eigenvalue weighted by molar-refractivity contribution is -0.114. The van der Waals surface area contributed by atoms with E-state index < -0.39 is 5.91 Å². The first-order chi connectivity index (χ1) is 11.3. The molecule has 0 aromatic heterocycles. The van der Waals surface area contributed by atoms with Crippen molar-refractivity contribution in [1.29, 1.82) is 0 Å². The summed E-state index contributed by atoms with van der Waals surface area (Å²) < 4.78 is 5.66. The van der Waals surface area contributed by atoms with Crippen LogP contribution in [-0.4, -0.2) is 24.0 Å². The van der Waals surface area contributed by atoms with Crippen LogP contribution in [0, 0.1) is 6.92 Å². The number of carbonyl (C=O) groups is 2. The highest BCUT2D eigenvalue weighted by molar-refractivity contribution is 9.10. The van der Waals surface area contributed by atoms with Crippen LogP contribution < -0.4 is 15.4 Å². The molecule has 0 bridgehead atoms. The zero-order chi connectivity index (χ0) is 17.9. The first kappa shape index (κ1) is 17.8. The first-order valence-corrected chi connectivity index (χ1v) is 7.87. The normalized spacial score (nSPS) is 10.2. The van der Waals surface area contributed by atoms with Crippen LogP contribution in [0.2, 0.25) is 0 Å². The van der Waals surface area contributed by atoms with Gasteiger partial charge in [0.05, 0.1) is 22.8 Å². The largest absolute Gasteiger partial charge is 0.506 e. The summed E-state index contributed by atoms with van der Waals surface area (Å²) in [6.45, 7) is 3.22. The van der Waals surface area contributed by atoms with Crippen molar-refractivity contribution in [3.05, 3.63) is 45.9 Å². The highest BCUT2D eigenvalue weighted by atomic mass is 79.9. The SMILES string of the molecule is COc1cc(NC(=O)c2cc(C)cc(Br)c2O)ccc1NC(C)=O. The standard InChI is InChI=1S/C17H17BrN2O4/c1-9-6-12(16(22)13(18)7-9)17(23)20-11-4-5-14(19-10(2)21)15(8-11)24-3/h4-8,22H,1-3H3,(H,19,21)(H,20,23). The number of benzene rings is 2. The minimum absolute atomic E-state index is 0.125. The number of amides is 2. The summed E-state index contributed by atoms with van der Waals surface area (Å²) in [5.74, 6) is -0.386. The average Bonchev–Trinajstić information content (AvgIpc) is 2.51. The van der Waals surface area contributed by atoms with Crippen LogP contribution in [-0.2, 0) is 4.79 Å². The van der Waals surface area contributed by atoms with Crippen LogP contribution in [0.1, 0.15) is 22.8 Å². The highest BCUT2D eigenvalue weighted by Crippen LogP contribution is 2.31. The van der Waals surface area contributed by atoms with E-state index in [-0.39, 0.29) is 17.2 Å². The van der Waals surface area contributed by atoms with Gasteiger partial charge in [-0.3, -0.25) is 9.59 Å². The molecular weight excluding hydrogens is 376 g/mol. The molecule has 126 valence electrons. The third-order valence-corrected chi connectivity index (χ3v) is 3.83. The van der Waals surface area contributed by atoms with Crippen LogP contribution in [0.15, 0.2) is 34.8 Å². The zero-order valence-electron chi connectivity index (χ0n) is 13.4. The van der Waals surface area contributed by atoms with Gasteiger partial charge in [-0.25, -0.2) is 0 Å². The van der Waals surface area contributed by atoms with Gasteiger partial charge in [-0.1, -0.05) is 0 Å². The smallest absolute Gasteiger partial charge is 0.259 e. The summed E-state index contributed by atoms with van der Waals surface area (Å²) in [6, 6.07) is 8.16. The second-order valence-electron chi connectivity index (χ2n) is 5.19. The van der Waals surface area contributed by atoms with Gasteiger partial charge in [0.2, 0.25) is 5.91 Å². The molecule has 3 N–H and O–H groups in total. The molecule has 0 fully saturated rings. The number of halogens is 1. The summed E-state index contributed by atoms with van der Waals surface area (Å²) in [6.07, 6.45) is 0. The summed E-state index contributed by atoms with van der Waals surface area (Å²) in [5.41, 5.74) is 1.97. The molecular formula is C17H17BrN2O4. The lowest BCUT2D eigenvalue weighted by atomic mass is 10.1. The zero-order valence-corrected chi connectivity index (χ0v) is 15.0. The van der Waals surface area contributed by atoms with E-state index in [9.17, 15) is 14.7 Å². The van der Waals surface area contributed by atoms with Crippen LogP contribution in [0.25, 0.3) is 0 Å². The number of anilines is 2. The van der Waals surface area contributed by atoms with Gasteiger partial charge in [0.15, 0.2) is 0 Å². The van der Waals surface area contributed by atoms with Crippen molar-refractivity contribution >= 4 is 39.1 Å². The molecule has 2 aromatic carbocycles. The van der Waals surface area contributed by atoms with Gasteiger partial charge < -0.3 is 20.5 Å². The second-order valence-corrected chi connectivity index (χ2v) is 6.05. The molecule has 0 aliphatic rings. The Morgan fingerprint density at radius 1 is 1.17 bits per heavy atom. The van der Waals surface area contributed by atoms with Gasteiger partial charge in [0.25, 0.3) is 5.91 Å². The summed E-state index contributed by atoms with van der Waals surface area (Å²) in [5, 5.41) is 15.4. The van der Waals surface area contributed by atoms with E-state index in [1.807, 2.05) is 6.92 Å². The summed E-state index contributed by atoms with van der Waals surface area (Å²) in [4.78, 5) is 23.6.